The second-order valence-corrected chi connectivity index (χ2v) is 23.7. The molecule has 3 aliphatic rings. The highest BCUT2D eigenvalue weighted by molar-refractivity contribution is 9.10. The summed E-state index contributed by atoms with van der Waals surface area (Å²) in [5.74, 6) is 0.867. The Kier molecular flexibility index (Phi) is 6.34. The summed E-state index contributed by atoms with van der Waals surface area (Å²) in [6, 6.07) is 0. The normalized spacial score (nSPS) is 35.3. The third kappa shape index (κ3) is 4.02. The minimum Gasteiger partial charge on any atom is -0.413 e. The van der Waals surface area contributed by atoms with Crippen molar-refractivity contribution in [2.24, 2.45) is 11.8 Å². The number of halogens is 1. The van der Waals surface area contributed by atoms with E-state index in [-0.39, 0.29) is 28.2 Å². The highest BCUT2D eigenvalue weighted by Crippen LogP contribution is 2.59. The van der Waals surface area contributed by atoms with Crippen molar-refractivity contribution in [1.82, 2.24) is 0 Å². The van der Waals surface area contributed by atoms with Crippen LogP contribution in [0.4, 0.5) is 0 Å². The minimum atomic E-state index is -1.97. The first kappa shape index (κ1) is 24.9. The van der Waals surface area contributed by atoms with Crippen LogP contribution in [0.3, 0.4) is 0 Å². The number of carbonyl (C=O) groups is 1. The standard InChI is InChI=1S/C24H43BrO3Si2/c1-22(2,3)29(7,8)27-18-15-19(28-30(9,10)23(4,5)6)21-17(18)13-11-16-12-14-20(26)24(16,21)25/h13,16,18-19,21H,11-12,14-15H2,1-10H3/t16-,18-,19+,21+,24+/m0/s1. The molecule has 2 fully saturated rings. The smallest absolute Gasteiger partial charge is 0.192 e. The van der Waals surface area contributed by atoms with Crippen LogP contribution in [-0.2, 0) is 13.6 Å². The van der Waals surface area contributed by atoms with E-state index in [9.17, 15) is 4.79 Å². The number of hydrogen-bond donors (Lipinski definition) is 0. The second kappa shape index (κ2) is 7.64. The molecular weight excluding hydrogens is 472 g/mol. The SMILES string of the molecule is CC(C)(C)[Si](C)(C)O[C@H]1C[C@@H](O[Si](C)(C)C(C)(C)C)[C@H]2C1=CC[C@H]1CCC(=O)[C@]12Br. The van der Waals surface area contributed by atoms with E-state index >= 15 is 0 Å². The average Bonchev–Trinajstić information content (AvgIpc) is 3.03. The zero-order valence-corrected chi connectivity index (χ0v) is 24.4. The highest BCUT2D eigenvalue weighted by Gasteiger charge is 2.62. The molecule has 0 saturated heterocycles. The molecule has 0 bridgehead atoms. The Morgan fingerprint density at radius 3 is 2.07 bits per heavy atom. The van der Waals surface area contributed by atoms with E-state index < -0.39 is 21.0 Å². The number of alkyl halides is 1. The van der Waals surface area contributed by atoms with Gasteiger partial charge in [0.1, 0.15) is 0 Å². The molecular formula is C24H43BrO3Si2. The van der Waals surface area contributed by atoms with Crippen molar-refractivity contribution in [1.29, 1.82) is 0 Å². The Balaban J connectivity index is 2.00. The predicted octanol–water partition coefficient (Wildman–Crippen LogP) is 7.23. The highest BCUT2D eigenvalue weighted by atomic mass is 79.9. The van der Waals surface area contributed by atoms with Gasteiger partial charge in [-0.15, -0.1) is 0 Å². The first-order chi connectivity index (χ1) is 13.4. The molecule has 3 rings (SSSR count). The van der Waals surface area contributed by atoms with Gasteiger partial charge in [0.2, 0.25) is 0 Å². The van der Waals surface area contributed by atoms with Crippen LogP contribution in [0.1, 0.15) is 67.2 Å². The Bertz CT molecular complexity index is 732. The molecule has 6 heteroatoms. The molecule has 172 valence electrons. The van der Waals surface area contributed by atoms with Gasteiger partial charge in [-0.05, 0) is 60.6 Å². The number of allylic oxidation sites excluding steroid dienone is 1. The van der Waals surface area contributed by atoms with Crippen LogP contribution in [0.25, 0.3) is 0 Å². The molecule has 0 N–H and O–H groups in total. The van der Waals surface area contributed by atoms with Crippen LogP contribution >= 0.6 is 15.9 Å². The van der Waals surface area contributed by atoms with Gasteiger partial charge < -0.3 is 8.85 Å². The largest absolute Gasteiger partial charge is 0.413 e. The fraction of sp³-hybridized carbons (Fsp3) is 0.875. The van der Waals surface area contributed by atoms with Crippen LogP contribution in [-0.4, -0.2) is 39.0 Å². The molecule has 5 atom stereocenters. The number of rotatable bonds is 4. The van der Waals surface area contributed by atoms with E-state index in [0.29, 0.717) is 18.1 Å². The van der Waals surface area contributed by atoms with Crippen molar-refractivity contribution in [3.8, 4) is 0 Å². The lowest BCUT2D eigenvalue weighted by Crippen LogP contribution is -2.52. The topological polar surface area (TPSA) is 35.5 Å². The van der Waals surface area contributed by atoms with Gasteiger partial charge in [0.15, 0.2) is 22.4 Å². The maximum atomic E-state index is 13.2. The van der Waals surface area contributed by atoms with Crippen LogP contribution in [0.15, 0.2) is 11.6 Å². The van der Waals surface area contributed by atoms with Gasteiger partial charge in [-0.3, -0.25) is 4.79 Å². The minimum absolute atomic E-state index is 0.0520. The van der Waals surface area contributed by atoms with Crippen molar-refractivity contribution >= 4 is 38.3 Å². The molecule has 0 radical (unpaired) electrons. The molecule has 0 unspecified atom stereocenters. The zero-order valence-electron chi connectivity index (χ0n) is 20.8. The van der Waals surface area contributed by atoms with Crippen molar-refractivity contribution in [3.63, 3.8) is 0 Å². The van der Waals surface area contributed by atoms with E-state index in [0.717, 1.165) is 19.3 Å². The van der Waals surface area contributed by atoms with Gasteiger partial charge in [-0.2, -0.15) is 0 Å². The third-order valence-electron chi connectivity index (χ3n) is 8.88. The van der Waals surface area contributed by atoms with Gasteiger partial charge in [0, 0.05) is 18.8 Å². The second-order valence-electron chi connectivity index (χ2n) is 12.9. The lowest BCUT2D eigenvalue weighted by molar-refractivity contribution is -0.121. The van der Waals surface area contributed by atoms with Gasteiger partial charge in [-0.25, -0.2) is 0 Å². The molecule has 0 aromatic carbocycles. The van der Waals surface area contributed by atoms with Crippen LogP contribution in [0.2, 0.25) is 36.3 Å². The first-order valence-electron chi connectivity index (χ1n) is 11.7. The quantitative estimate of drug-likeness (QED) is 0.225. The van der Waals surface area contributed by atoms with E-state index in [4.69, 9.17) is 8.85 Å². The van der Waals surface area contributed by atoms with Crippen molar-refractivity contribution in [2.45, 2.75) is 120 Å². The molecule has 0 aromatic heterocycles. The number of ketones is 1. The number of hydrogen-bond acceptors (Lipinski definition) is 3. The van der Waals surface area contributed by atoms with Gasteiger partial charge >= 0.3 is 0 Å². The van der Waals surface area contributed by atoms with E-state index in [1.54, 1.807) is 0 Å². The van der Waals surface area contributed by atoms with E-state index in [1.807, 2.05) is 0 Å². The number of fused-ring (bicyclic) bond motifs is 3. The van der Waals surface area contributed by atoms with Crippen molar-refractivity contribution in [3.05, 3.63) is 11.6 Å². The molecule has 3 aliphatic carbocycles. The maximum Gasteiger partial charge on any atom is 0.192 e. The molecule has 2 saturated carbocycles. The number of Topliss-reactive ketones (excluding diaryl/α,β-unsaturated/α-hetero) is 1. The van der Waals surface area contributed by atoms with E-state index in [2.05, 4.69) is 89.7 Å². The molecule has 0 heterocycles. The Morgan fingerprint density at radius 2 is 1.53 bits per heavy atom. The summed E-state index contributed by atoms with van der Waals surface area (Å²) in [6.07, 6.45) is 6.08. The lowest BCUT2D eigenvalue weighted by atomic mass is 9.73. The summed E-state index contributed by atoms with van der Waals surface area (Å²) in [4.78, 5) is 13.2. The zero-order chi connectivity index (χ0) is 22.9. The van der Waals surface area contributed by atoms with Crippen LogP contribution < -0.4 is 0 Å². The monoisotopic (exact) mass is 514 g/mol. The summed E-state index contributed by atoms with van der Waals surface area (Å²) in [6.45, 7) is 23.1. The first-order valence-corrected chi connectivity index (χ1v) is 18.3. The summed E-state index contributed by atoms with van der Waals surface area (Å²) < 4.78 is 13.5. The summed E-state index contributed by atoms with van der Waals surface area (Å²) in [5, 5.41) is 0.302. The van der Waals surface area contributed by atoms with Crippen LogP contribution in [0.5, 0.6) is 0 Å². The van der Waals surface area contributed by atoms with Crippen molar-refractivity contribution in [2.75, 3.05) is 0 Å². The molecule has 0 spiro atoms. The van der Waals surface area contributed by atoms with Crippen molar-refractivity contribution < 1.29 is 13.6 Å². The molecule has 0 aliphatic heterocycles. The molecule has 0 amide bonds. The third-order valence-corrected chi connectivity index (χ3v) is 19.4. The van der Waals surface area contributed by atoms with E-state index in [1.165, 1.54) is 5.57 Å². The fourth-order valence-corrected chi connectivity index (χ4v) is 8.73. The van der Waals surface area contributed by atoms with Crippen LogP contribution in [0, 0.1) is 11.8 Å². The van der Waals surface area contributed by atoms with Gasteiger partial charge in [0.25, 0.3) is 0 Å². The Morgan fingerprint density at radius 1 is 1.00 bits per heavy atom. The predicted molar refractivity (Wildman–Crippen MR) is 134 cm³/mol. The average molecular weight is 516 g/mol. The lowest BCUT2D eigenvalue weighted by Gasteiger charge is -2.45. The maximum absolute atomic E-state index is 13.2. The molecule has 3 nitrogen and oxygen atoms in total. The summed E-state index contributed by atoms with van der Waals surface area (Å²) >= 11 is 4.04. The number of carbonyl (C=O) groups excluding carboxylic acids is 1. The van der Waals surface area contributed by atoms with Gasteiger partial charge in [-0.1, -0.05) is 63.5 Å². The Labute approximate surface area is 195 Å². The fourth-order valence-electron chi connectivity index (χ4n) is 4.92. The molecule has 0 aromatic rings. The molecule has 30 heavy (non-hydrogen) atoms. The Hall–Kier alpha value is 0.244. The summed E-state index contributed by atoms with van der Waals surface area (Å²) in [5.41, 5.74) is 1.34. The summed E-state index contributed by atoms with van der Waals surface area (Å²) in [7, 11) is -3.90. The van der Waals surface area contributed by atoms with Gasteiger partial charge in [0.05, 0.1) is 16.5 Å².